The van der Waals surface area contributed by atoms with Crippen molar-refractivity contribution >= 4 is 5.82 Å². The van der Waals surface area contributed by atoms with Crippen molar-refractivity contribution in [2.24, 2.45) is 11.7 Å². The zero-order valence-corrected chi connectivity index (χ0v) is 11.8. The molecule has 2 N–H and O–H groups in total. The molecule has 100 valence electrons. The Bertz CT molecular complexity index is 370. The Hall–Kier alpha value is -1.09. The molecule has 0 spiro atoms. The third-order valence-corrected chi connectivity index (χ3v) is 3.89. The molecule has 0 bridgehead atoms. The maximum Gasteiger partial charge on any atom is 0.128 e. The van der Waals surface area contributed by atoms with Crippen molar-refractivity contribution in [1.82, 2.24) is 4.98 Å². The average Bonchev–Trinajstić information content (AvgIpc) is 2.38. The van der Waals surface area contributed by atoms with Crippen molar-refractivity contribution in [3.05, 3.63) is 23.9 Å². The number of nitrogens with two attached hydrogens (primary N) is 1. The topological polar surface area (TPSA) is 42.1 Å². The van der Waals surface area contributed by atoms with Gasteiger partial charge in [0.05, 0.1) is 0 Å². The lowest BCUT2D eigenvalue weighted by Crippen LogP contribution is -2.36. The van der Waals surface area contributed by atoms with Gasteiger partial charge in [0, 0.05) is 19.3 Å². The van der Waals surface area contributed by atoms with Crippen molar-refractivity contribution in [2.75, 3.05) is 24.5 Å². The van der Waals surface area contributed by atoms with Crippen LogP contribution in [0.15, 0.2) is 18.3 Å². The third-order valence-electron chi connectivity index (χ3n) is 3.89. The Balaban J connectivity index is 2.02. The Morgan fingerprint density at radius 1 is 1.28 bits per heavy atom. The van der Waals surface area contributed by atoms with Crippen LogP contribution < -0.4 is 10.6 Å². The standard InChI is InChI=1S/C15H25N3/c1-15(2,3)13-4-5-14(17-11-13)18-8-6-12(10-16)7-9-18/h4-5,11-12H,6-10,16H2,1-3H3. The van der Waals surface area contributed by atoms with Gasteiger partial charge in [-0.3, -0.25) is 0 Å². The first-order valence-electron chi connectivity index (χ1n) is 6.92. The van der Waals surface area contributed by atoms with Crippen LogP contribution in [0.3, 0.4) is 0 Å². The molecule has 1 aliphatic heterocycles. The summed E-state index contributed by atoms with van der Waals surface area (Å²) >= 11 is 0. The van der Waals surface area contributed by atoms with Crippen molar-refractivity contribution in [3.63, 3.8) is 0 Å². The predicted octanol–water partition coefficient (Wildman–Crippen LogP) is 2.55. The van der Waals surface area contributed by atoms with E-state index in [2.05, 4.69) is 42.8 Å². The average molecular weight is 247 g/mol. The maximum atomic E-state index is 5.72. The van der Waals surface area contributed by atoms with Gasteiger partial charge in [0.25, 0.3) is 0 Å². The number of pyridine rings is 1. The summed E-state index contributed by atoms with van der Waals surface area (Å²) in [5.74, 6) is 1.81. The first kappa shape index (κ1) is 13.3. The molecule has 0 amide bonds. The number of nitrogens with zero attached hydrogens (tertiary/aromatic N) is 2. The molecule has 0 radical (unpaired) electrons. The third kappa shape index (κ3) is 3.02. The molecular formula is C15H25N3. The van der Waals surface area contributed by atoms with Crippen LogP contribution in [0.1, 0.15) is 39.2 Å². The van der Waals surface area contributed by atoms with Crippen LogP contribution in [-0.4, -0.2) is 24.6 Å². The minimum atomic E-state index is 0.179. The van der Waals surface area contributed by atoms with E-state index in [0.717, 1.165) is 25.5 Å². The lowest BCUT2D eigenvalue weighted by atomic mass is 9.88. The van der Waals surface area contributed by atoms with Gasteiger partial charge >= 0.3 is 0 Å². The van der Waals surface area contributed by atoms with E-state index in [4.69, 9.17) is 5.73 Å². The number of hydrogen-bond acceptors (Lipinski definition) is 3. The van der Waals surface area contributed by atoms with Crippen molar-refractivity contribution in [1.29, 1.82) is 0 Å². The molecule has 1 saturated heterocycles. The summed E-state index contributed by atoms with van der Waals surface area (Å²) in [4.78, 5) is 6.99. The van der Waals surface area contributed by atoms with Gasteiger partial charge in [-0.05, 0) is 42.3 Å². The Morgan fingerprint density at radius 3 is 2.39 bits per heavy atom. The molecule has 3 heteroatoms. The van der Waals surface area contributed by atoms with Crippen LogP contribution in [0.4, 0.5) is 5.82 Å². The van der Waals surface area contributed by atoms with E-state index in [1.165, 1.54) is 18.4 Å². The van der Waals surface area contributed by atoms with E-state index in [-0.39, 0.29) is 5.41 Å². The van der Waals surface area contributed by atoms with E-state index in [9.17, 15) is 0 Å². The quantitative estimate of drug-likeness (QED) is 0.873. The summed E-state index contributed by atoms with van der Waals surface area (Å²) in [5.41, 5.74) is 7.19. The van der Waals surface area contributed by atoms with Gasteiger partial charge in [-0.1, -0.05) is 26.8 Å². The molecule has 0 saturated carbocycles. The van der Waals surface area contributed by atoms with Gasteiger partial charge in [0.2, 0.25) is 0 Å². The minimum absolute atomic E-state index is 0.179. The summed E-state index contributed by atoms with van der Waals surface area (Å²) < 4.78 is 0. The van der Waals surface area contributed by atoms with E-state index in [0.29, 0.717) is 5.92 Å². The number of anilines is 1. The number of rotatable bonds is 2. The normalized spacial score (nSPS) is 18.1. The minimum Gasteiger partial charge on any atom is -0.357 e. The van der Waals surface area contributed by atoms with Crippen LogP contribution in [0.25, 0.3) is 0 Å². The fourth-order valence-electron chi connectivity index (χ4n) is 2.41. The Kier molecular flexibility index (Phi) is 3.91. The van der Waals surface area contributed by atoms with E-state index < -0.39 is 0 Å². The van der Waals surface area contributed by atoms with Crippen molar-refractivity contribution in [2.45, 2.75) is 39.0 Å². The van der Waals surface area contributed by atoms with E-state index in [1.807, 2.05) is 6.20 Å². The number of hydrogen-bond donors (Lipinski definition) is 1. The SMILES string of the molecule is CC(C)(C)c1ccc(N2CCC(CN)CC2)nc1. The molecule has 1 aliphatic rings. The molecule has 1 fully saturated rings. The van der Waals surface area contributed by atoms with E-state index >= 15 is 0 Å². The highest BCUT2D eigenvalue weighted by atomic mass is 15.2. The van der Waals surface area contributed by atoms with Crippen LogP contribution in [0, 0.1) is 5.92 Å². The van der Waals surface area contributed by atoms with Gasteiger partial charge in [0.1, 0.15) is 5.82 Å². The number of piperidine rings is 1. The highest BCUT2D eigenvalue weighted by Gasteiger charge is 2.20. The summed E-state index contributed by atoms with van der Waals surface area (Å²) in [7, 11) is 0. The maximum absolute atomic E-state index is 5.72. The first-order chi connectivity index (χ1) is 8.50. The molecule has 0 aliphatic carbocycles. The predicted molar refractivity (Wildman–Crippen MR) is 76.9 cm³/mol. The molecule has 1 aromatic heterocycles. The molecule has 0 atom stereocenters. The smallest absolute Gasteiger partial charge is 0.128 e. The Labute approximate surface area is 110 Å². The van der Waals surface area contributed by atoms with Crippen molar-refractivity contribution < 1.29 is 0 Å². The zero-order chi connectivity index (χ0) is 13.2. The summed E-state index contributed by atoms with van der Waals surface area (Å²) in [5, 5.41) is 0. The molecule has 3 nitrogen and oxygen atoms in total. The largest absolute Gasteiger partial charge is 0.357 e. The fourth-order valence-corrected chi connectivity index (χ4v) is 2.41. The molecule has 2 heterocycles. The van der Waals surface area contributed by atoms with E-state index in [1.54, 1.807) is 0 Å². The lowest BCUT2D eigenvalue weighted by molar-refractivity contribution is 0.413. The molecule has 0 aromatic carbocycles. The highest BCUT2D eigenvalue weighted by molar-refractivity contribution is 5.40. The van der Waals surface area contributed by atoms with Gasteiger partial charge in [-0.25, -0.2) is 4.98 Å². The monoisotopic (exact) mass is 247 g/mol. The molecule has 18 heavy (non-hydrogen) atoms. The summed E-state index contributed by atoms with van der Waals surface area (Å²) in [6.07, 6.45) is 4.41. The Morgan fingerprint density at radius 2 is 1.94 bits per heavy atom. The summed E-state index contributed by atoms with van der Waals surface area (Å²) in [6.45, 7) is 9.65. The second-order valence-electron chi connectivity index (χ2n) is 6.32. The molecule has 2 rings (SSSR count). The van der Waals surface area contributed by atoms with Crippen LogP contribution in [0.2, 0.25) is 0 Å². The van der Waals surface area contributed by atoms with Crippen molar-refractivity contribution in [3.8, 4) is 0 Å². The second kappa shape index (κ2) is 5.27. The van der Waals surface area contributed by atoms with Gasteiger partial charge in [-0.15, -0.1) is 0 Å². The first-order valence-corrected chi connectivity index (χ1v) is 6.92. The highest BCUT2D eigenvalue weighted by Crippen LogP contribution is 2.25. The second-order valence-corrected chi connectivity index (χ2v) is 6.32. The molecular weight excluding hydrogens is 222 g/mol. The molecule has 0 unspecified atom stereocenters. The summed E-state index contributed by atoms with van der Waals surface area (Å²) in [6, 6.07) is 4.36. The van der Waals surface area contributed by atoms with Gasteiger partial charge in [0.15, 0.2) is 0 Å². The zero-order valence-electron chi connectivity index (χ0n) is 11.8. The fraction of sp³-hybridized carbons (Fsp3) is 0.667. The molecule has 1 aromatic rings. The van der Waals surface area contributed by atoms with Crippen LogP contribution in [0.5, 0.6) is 0 Å². The van der Waals surface area contributed by atoms with Gasteiger partial charge < -0.3 is 10.6 Å². The number of aromatic nitrogens is 1. The van der Waals surface area contributed by atoms with Crippen LogP contribution in [-0.2, 0) is 5.41 Å². The van der Waals surface area contributed by atoms with Gasteiger partial charge in [-0.2, -0.15) is 0 Å². The van der Waals surface area contributed by atoms with Crippen LogP contribution >= 0.6 is 0 Å². The lowest BCUT2D eigenvalue weighted by Gasteiger charge is -2.32.